The molecule has 1 fully saturated rings. The molecule has 1 aliphatic carbocycles. The number of hydrogen-bond acceptors (Lipinski definition) is 3. The Balaban J connectivity index is 1.73. The maximum Gasteiger partial charge on any atom is 0.252 e. The molecule has 2 aliphatic rings. The highest BCUT2D eigenvalue weighted by Gasteiger charge is 2.24. The van der Waals surface area contributed by atoms with Crippen molar-refractivity contribution in [2.45, 2.75) is 45.6 Å². The van der Waals surface area contributed by atoms with Crippen molar-refractivity contribution in [1.82, 2.24) is 4.90 Å². The Morgan fingerprint density at radius 2 is 2.12 bits per heavy atom. The maximum absolute atomic E-state index is 14.1. The molecule has 1 aliphatic heterocycles. The van der Waals surface area contributed by atoms with Crippen molar-refractivity contribution in [3.63, 3.8) is 0 Å². The number of hydrogen-bond donors (Lipinski definition) is 1. The average molecular weight is 344 g/mol. The summed E-state index contributed by atoms with van der Waals surface area (Å²) in [4.78, 5) is 18.9. The van der Waals surface area contributed by atoms with E-state index in [0.717, 1.165) is 18.2 Å². The van der Waals surface area contributed by atoms with E-state index in [9.17, 15) is 14.3 Å². The fraction of sp³-hybridized carbons (Fsp3) is 0.500. The fourth-order valence-electron chi connectivity index (χ4n) is 3.65. The molecule has 0 atom stereocenters. The topological polar surface area (TPSA) is 52.9 Å². The monoisotopic (exact) mass is 344 g/mol. The Bertz CT molecular complexity index is 706. The molecular weight excluding hydrogens is 319 g/mol. The van der Waals surface area contributed by atoms with E-state index in [2.05, 4.69) is 4.99 Å². The van der Waals surface area contributed by atoms with Gasteiger partial charge in [-0.05, 0) is 31.4 Å². The van der Waals surface area contributed by atoms with E-state index >= 15 is 0 Å². The van der Waals surface area contributed by atoms with E-state index in [1.165, 1.54) is 31.7 Å². The third-order valence-electron chi connectivity index (χ3n) is 5.12. The summed E-state index contributed by atoms with van der Waals surface area (Å²) in [7, 11) is 0. The normalized spacial score (nSPS) is 17.5. The molecule has 1 saturated carbocycles. The third kappa shape index (κ3) is 4.47. The summed E-state index contributed by atoms with van der Waals surface area (Å²) in [5.74, 6) is 0.0145. The van der Waals surface area contributed by atoms with Gasteiger partial charge >= 0.3 is 0 Å². The van der Waals surface area contributed by atoms with Gasteiger partial charge in [-0.25, -0.2) is 4.39 Å². The molecular formula is C20H25FN2O2. The zero-order valence-electron chi connectivity index (χ0n) is 14.7. The molecule has 0 saturated heterocycles. The molecule has 0 aromatic heterocycles. The lowest BCUT2D eigenvalue weighted by atomic mass is 10.0. The van der Waals surface area contributed by atoms with Crippen LogP contribution >= 0.6 is 0 Å². The number of phenols is 1. The second-order valence-electron chi connectivity index (χ2n) is 7.07. The number of aromatic hydroxyl groups is 1. The van der Waals surface area contributed by atoms with E-state index in [1.54, 1.807) is 11.0 Å². The summed E-state index contributed by atoms with van der Waals surface area (Å²) in [6.07, 6.45) is 7.75. The zero-order valence-corrected chi connectivity index (χ0v) is 14.7. The van der Waals surface area contributed by atoms with Crippen molar-refractivity contribution in [3.05, 3.63) is 41.2 Å². The molecule has 0 radical (unpaired) electrons. The zero-order chi connectivity index (χ0) is 17.8. The molecule has 134 valence electrons. The van der Waals surface area contributed by atoms with Crippen LogP contribution in [-0.4, -0.2) is 34.7 Å². The van der Waals surface area contributed by atoms with Gasteiger partial charge in [-0.1, -0.05) is 31.7 Å². The second-order valence-corrected chi connectivity index (χ2v) is 7.07. The van der Waals surface area contributed by atoms with Gasteiger partial charge in [0.2, 0.25) is 0 Å². The van der Waals surface area contributed by atoms with Crippen LogP contribution in [0.15, 0.2) is 34.8 Å². The number of allylic oxidation sites excluding steroid dienone is 1. The lowest BCUT2D eigenvalue weighted by molar-refractivity contribution is -0.127. The van der Waals surface area contributed by atoms with Gasteiger partial charge in [0.05, 0.1) is 6.54 Å². The van der Waals surface area contributed by atoms with Crippen LogP contribution in [0.5, 0.6) is 5.75 Å². The minimum atomic E-state index is -0.480. The molecule has 1 N–H and O–H groups in total. The highest BCUT2D eigenvalue weighted by Crippen LogP contribution is 2.28. The van der Waals surface area contributed by atoms with Crippen LogP contribution in [0.1, 0.15) is 44.6 Å². The van der Waals surface area contributed by atoms with Gasteiger partial charge < -0.3 is 10.0 Å². The van der Waals surface area contributed by atoms with Gasteiger partial charge in [-0.15, -0.1) is 0 Å². The molecule has 0 bridgehead atoms. The van der Waals surface area contributed by atoms with E-state index in [0.29, 0.717) is 30.1 Å². The predicted octanol–water partition coefficient (Wildman–Crippen LogP) is 3.84. The highest BCUT2D eigenvalue weighted by atomic mass is 19.1. The number of rotatable bonds is 6. The van der Waals surface area contributed by atoms with Crippen LogP contribution in [0.3, 0.4) is 0 Å². The molecule has 0 unspecified atom stereocenters. The summed E-state index contributed by atoms with van der Waals surface area (Å²) in [5, 5.41) is 9.38. The lowest BCUT2D eigenvalue weighted by Gasteiger charge is -2.25. The van der Waals surface area contributed by atoms with Gasteiger partial charge in [0.25, 0.3) is 5.91 Å². The van der Waals surface area contributed by atoms with Gasteiger partial charge in [-0.3, -0.25) is 9.79 Å². The van der Waals surface area contributed by atoms with Gasteiger partial charge in [0, 0.05) is 36.0 Å². The molecule has 25 heavy (non-hydrogen) atoms. The van der Waals surface area contributed by atoms with Crippen LogP contribution < -0.4 is 0 Å². The van der Waals surface area contributed by atoms with Crippen LogP contribution in [0, 0.1) is 11.7 Å². The Labute approximate surface area is 148 Å². The summed E-state index contributed by atoms with van der Waals surface area (Å²) >= 11 is 0. The van der Waals surface area contributed by atoms with Gasteiger partial charge in [0.1, 0.15) is 11.6 Å². The number of amides is 1. The Kier molecular flexibility index (Phi) is 5.51. The van der Waals surface area contributed by atoms with Crippen LogP contribution in [0.2, 0.25) is 0 Å². The van der Waals surface area contributed by atoms with E-state index in [4.69, 9.17) is 0 Å². The summed E-state index contributed by atoms with van der Waals surface area (Å²) in [6.45, 7) is 3.12. The molecule has 3 rings (SSSR count). The highest BCUT2D eigenvalue weighted by molar-refractivity contribution is 6.06. The quantitative estimate of drug-likeness (QED) is 0.852. The van der Waals surface area contributed by atoms with Crippen molar-refractivity contribution in [3.8, 4) is 5.75 Å². The van der Waals surface area contributed by atoms with E-state index in [1.807, 2.05) is 13.0 Å². The standard InChI is InChI=1S/C20H25FN2O2/c1-14-10-17(12-22-14)20(25)23(9-8-15-4-2-3-5-15)13-16-6-7-18(24)11-19(16)21/h6-7,10-11,15,24H,2-5,8-9,12-13H2,1H3. The molecule has 1 heterocycles. The van der Waals surface area contributed by atoms with Crippen molar-refractivity contribution in [2.24, 2.45) is 10.9 Å². The van der Waals surface area contributed by atoms with Crippen LogP contribution in [-0.2, 0) is 11.3 Å². The first kappa shape index (κ1) is 17.6. The predicted molar refractivity (Wildman–Crippen MR) is 96.1 cm³/mol. The van der Waals surface area contributed by atoms with Crippen LogP contribution in [0.4, 0.5) is 4.39 Å². The molecule has 1 amide bonds. The maximum atomic E-state index is 14.1. The number of benzene rings is 1. The van der Waals surface area contributed by atoms with Gasteiger partial charge in [0.15, 0.2) is 0 Å². The number of aliphatic imine (C=N–C) groups is 1. The fourth-order valence-corrected chi connectivity index (χ4v) is 3.65. The first-order valence-electron chi connectivity index (χ1n) is 9.01. The van der Waals surface area contributed by atoms with Gasteiger partial charge in [-0.2, -0.15) is 0 Å². The lowest BCUT2D eigenvalue weighted by Crippen LogP contribution is -2.34. The van der Waals surface area contributed by atoms with E-state index in [-0.39, 0.29) is 18.2 Å². The number of phenolic OH excluding ortho intramolecular Hbond substituents is 1. The number of nitrogens with zero attached hydrogens (tertiary/aromatic N) is 2. The average Bonchev–Trinajstić information content (AvgIpc) is 3.24. The minimum Gasteiger partial charge on any atom is -0.508 e. The van der Waals surface area contributed by atoms with Crippen molar-refractivity contribution in [1.29, 1.82) is 0 Å². The summed E-state index contributed by atoms with van der Waals surface area (Å²) in [6, 6.07) is 4.10. The summed E-state index contributed by atoms with van der Waals surface area (Å²) in [5.41, 5.74) is 1.95. The van der Waals surface area contributed by atoms with Crippen molar-refractivity contribution < 1.29 is 14.3 Å². The molecule has 5 heteroatoms. The van der Waals surface area contributed by atoms with E-state index < -0.39 is 5.82 Å². The molecule has 1 aromatic carbocycles. The first-order chi connectivity index (χ1) is 12.0. The Morgan fingerprint density at radius 3 is 2.76 bits per heavy atom. The van der Waals surface area contributed by atoms with Crippen molar-refractivity contribution in [2.75, 3.05) is 13.1 Å². The Hall–Kier alpha value is -2.17. The molecule has 0 spiro atoms. The largest absolute Gasteiger partial charge is 0.508 e. The smallest absolute Gasteiger partial charge is 0.252 e. The van der Waals surface area contributed by atoms with Crippen molar-refractivity contribution >= 4 is 11.6 Å². The molecule has 4 nitrogen and oxygen atoms in total. The third-order valence-corrected chi connectivity index (χ3v) is 5.12. The summed E-state index contributed by atoms with van der Waals surface area (Å²) < 4.78 is 14.1. The molecule has 1 aromatic rings. The number of carbonyl (C=O) groups excluding carboxylic acids is 1. The first-order valence-corrected chi connectivity index (χ1v) is 9.01. The second kappa shape index (κ2) is 7.81. The minimum absolute atomic E-state index is 0.0638. The Morgan fingerprint density at radius 1 is 1.36 bits per heavy atom. The number of carbonyl (C=O) groups is 1. The van der Waals surface area contributed by atoms with Crippen LogP contribution in [0.25, 0.3) is 0 Å². The SMILES string of the molecule is CC1=NCC(C(=O)N(CCC2CCCC2)Cc2ccc(O)cc2F)=C1. The number of halogens is 1.